The second kappa shape index (κ2) is 22.2. The van der Waals surface area contributed by atoms with E-state index in [1.807, 2.05) is 134 Å². The minimum Gasteiger partial charge on any atom is -0.308 e. The molecule has 0 aliphatic heterocycles. The van der Waals surface area contributed by atoms with Gasteiger partial charge in [-0.15, -0.1) is 0 Å². The lowest BCUT2D eigenvalue weighted by molar-refractivity contribution is 0.584. The van der Waals surface area contributed by atoms with Crippen LogP contribution in [0.25, 0.3) is 156 Å². The van der Waals surface area contributed by atoms with Crippen LogP contribution >= 0.6 is 0 Å². The van der Waals surface area contributed by atoms with E-state index >= 15 is 8.78 Å². The summed E-state index contributed by atoms with van der Waals surface area (Å²) in [4.78, 5) is 19.1. The molecule has 0 aliphatic rings. The second-order valence-electron chi connectivity index (χ2n) is 22.4. The van der Waals surface area contributed by atoms with Crippen molar-refractivity contribution in [3.05, 3.63) is 315 Å². The third-order valence-electron chi connectivity index (χ3n) is 17.1. The molecule has 90 heavy (non-hydrogen) atoms. The number of halogens is 2. The topological polar surface area (TPSA) is 85.2 Å². The second-order valence-corrected chi connectivity index (χ2v) is 22.4. The molecule has 0 saturated heterocycles. The number of pyridine rings is 4. The Hall–Kier alpha value is -12.3. The Kier molecular flexibility index (Phi) is 13.2. The van der Waals surface area contributed by atoms with Crippen molar-refractivity contribution in [2.45, 2.75) is 0 Å². The molecule has 422 valence electrons. The average molecular weight is 1160 g/mol. The smallest absolute Gasteiger partial charge is 0.126 e. The number of benzene rings is 10. The van der Waals surface area contributed by atoms with Gasteiger partial charge in [0.15, 0.2) is 0 Å². The standard InChI is InChI=1S/C81H49F2N7/c82-65-37-63(38-66(83)49-65)64-47-80(89-76-25-21-55(59-29-33-85-72(43-59)51-13-5-1-6-14-51)39-67(76)68-40-56(22-26-77(68)89)60-30-34-86-73(44-60)52-15-7-2-8-16-52)71(50-84)81(48-64)90-78-27-23-57(61-31-35-87-74(45-61)53-17-9-3-10-18-53)41-69(78)70-42-58(24-28-79(70)90)62-32-36-88-75(46-62)54-19-11-4-12-20-54/h1-49H. The van der Waals surface area contributed by atoms with Crippen LogP contribution in [0.4, 0.5) is 8.78 Å². The zero-order chi connectivity index (χ0) is 60.2. The van der Waals surface area contributed by atoms with Crippen molar-refractivity contribution >= 4 is 43.6 Å². The molecule has 9 heteroatoms. The highest BCUT2D eigenvalue weighted by molar-refractivity contribution is 6.14. The van der Waals surface area contributed by atoms with E-state index in [-0.39, 0.29) is 0 Å². The zero-order valence-electron chi connectivity index (χ0n) is 48.2. The minimum absolute atomic E-state index is 0.313. The van der Waals surface area contributed by atoms with Gasteiger partial charge in [0.05, 0.1) is 56.2 Å². The summed E-state index contributed by atoms with van der Waals surface area (Å²) in [5.74, 6) is -1.44. The largest absolute Gasteiger partial charge is 0.308 e. The van der Waals surface area contributed by atoms with E-state index in [1.54, 1.807) is 0 Å². The van der Waals surface area contributed by atoms with Crippen LogP contribution in [0.3, 0.4) is 0 Å². The number of hydrogen-bond acceptors (Lipinski definition) is 5. The van der Waals surface area contributed by atoms with Crippen molar-refractivity contribution in [2.75, 3.05) is 0 Å². The fraction of sp³-hybridized carbons (Fsp3) is 0. The fourth-order valence-electron chi connectivity index (χ4n) is 12.8. The van der Waals surface area contributed by atoms with Crippen LogP contribution < -0.4 is 0 Å². The minimum atomic E-state index is -0.720. The quantitative estimate of drug-likeness (QED) is 0.129. The van der Waals surface area contributed by atoms with E-state index in [9.17, 15) is 5.26 Å². The van der Waals surface area contributed by atoms with Crippen LogP contribution in [-0.2, 0) is 0 Å². The third kappa shape index (κ3) is 9.62. The van der Waals surface area contributed by atoms with Crippen molar-refractivity contribution in [1.29, 1.82) is 5.26 Å². The molecule has 6 aromatic heterocycles. The van der Waals surface area contributed by atoms with Gasteiger partial charge in [0, 0.05) is 74.7 Å². The molecular formula is C81H49F2N7. The molecule has 7 nitrogen and oxygen atoms in total. The zero-order valence-corrected chi connectivity index (χ0v) is 48.2. The summed E-state index contributed by atoms with van der Waals surface area (Å²) in [5, 5.41) is 15.8. The number of rotatable bonds is 11. The molecule has 0 unspecified atom stereocenters. The molecule has 0 atom stereocenters. The number of nitrogens with zero attached hydrogens (tertiary/aromatic N) is 7. The summed E-state index contributed by atoms with van der Waals surface area (Å²) < 4.78 is 35.7. The molecule has 0 spiro atoms. The third-order valence-corrected chi connectivity index (χ3v) is 17.1. The van der Waals surface area contributed by atoms with Gasteiger partial charge < -0.3 is 9.13 Å². The van der Waals surface area contributed by atoms with Crippen molar-refractivity contribution in [2.24, 2.45) is 0 Å². The Labute approximate surface area is 517 Å². The van der Waals surface area contributed by atoms with Gasteiger partial charge in [-0.2, -0.15) is 5.26 Å². The predicted octanol–water partition coefficient (Wildman–Crippen LogP) is 20.6. The summed E-state index contributed by atoms with van der Waals surface area (Å²) in [6, 6.07) is 92.9. The van der Waals surface area contributed by atoms with Gasteiger partial charge in [0.25, 0.3) is 0 Å². The molecule has 0 aliphatic carbocycles. The van der Waals surface area contributed by atoms with Gasteiger partial charge in [-0.25, -0.2) is 8.78 Å². The molecule has 0 bridgehead atoms. The van der Waals surface area contributed by atoms with Crippen LogP contribution in [0, 0.1) is 23.0 Å². The summed E-state index contributed by atoms with van der Waals surface area (Å²) >= 11 is 0. The lowest BCUT2D eigenvalue weighted by Gasteiger charge is -2.19. The molecule has 16 aromatic rings. The van der Waals surface area contributed by atoms with E-state index in [4.69, 9.17) is 19.9 Å². The maximum Gasteiger partial charge on any atom is 0.126 e. The van der Waals surface area contributed by atoms with Crippen LogP contribution in [0.15, 0.2) is 298 Å². The van der Waals surface area contributed by atoms with Crippen LogP contribution in [0.5, 0.6) is 0 Å². The molecule has 0 amide bonds. The van der Waals surface area contributed by atoms with Gasteiger partial charge in [-0.05, 0) is 177 Å². The Balaban J connectivity index is 0.953. The first-order valence-electron chi connectivity index (χ1n) is 29.6. The van der Waals surface area contributed by atoms with Gasteiger partial charge in [-0.3, -0.25) is 19.9 Å². The van der Waals surface area contributed by atoms with E-state index in [1.165, 1.54) is 12.1 Å². The van der Waals surface area contributed by atoms with Gasteiger partial charge in [-0.1, -0.05) is 146 Å². The molecular weight excluding hydrogens is 1110 g/mol. The van der Waals surface area contributed by atoms with Crippen LogP contribution in [-0.4, -0.2) is 29.1 Å². The van der Waals surface area contributed by atoms with Crippen LogP contribution in [0.1, 0.15) is 5.56 Å². The van der Waals surface area contributed by atoms with E-state index in [0.717, 1.165) is 139 Å². The number of nitriles is 1. The lowest BCUT2D eigenvalue weighted by Crippen LogP contribution is -2.05. The predicted molar refractivity (Wildman–Crippen MR) is 360 cm³/mol. The Morgan fingerprint density at radius 2 is 0.522 bits per heavy atom. The van der Waals surface area contributed by atoms with Crippen molar-refractivity contribution in [1.82, 2.24) is 29.1 Å². The van der Waals surface area contributed by atoms with Crippen molar-refractivity contribution in [3.63, 3.8) is 0 Å². The highest BCUT2D eigenvalue weighted by Gasteiger charge is 2.25. The Morgan fingerprint density at radius 1 is 0.256 bits per heavy atom. The average Bonchev–Trinajstić information content (AvgIpc) is 1.60. The summed E-state index contributed by atoms with van der Waals surface area (Å²) in [6.45, 7) is 0. The molecule has 0 saturated carbocycles. The highest BCUT2D eigenvalue weighted by atomic mass is 19.1. The first-order chi connectivity index (χ1) is 44.3. The Bertz CT molecular complexity index is 4910. The maximum atomic E-state index is 15.7. The van der Waals surface area contributed by atoms with Crippen LogP contribution in [0.2, 0.25) is 0 Å². The van der Waals surface area contributed by atoms with E-state index in [0.29, 0.717) is 28.1 Å². The molecule has 16 rings (SSSR count). The summed E-state index contributed by atoms with van der Waals surface area (Å²) in [5.41, 5.74) is 20.8. The SMILES string of the molecule is N#Cc1c(-n2c3ccc(-c4ccnc(-c5ccccc5)c4)cc3c3cc(-c4ccnc(-c5ccccc5)c4)ccc32)cc(-c2cc(F)cc(F)c2)cc1-n1c2ccc(-c3ccnc(-c4ccccc4)c3)cc2c2cc(-c3ccnc(-c4ccccc4)c3)ccc21. The normalized spacial score (nSPS) is 11.4. The fourth-order valence-corrected chi connectivity index (χ4v) is 12.8. The van der Waals surface area contributed by atoms with Gasteiger partial charge >= 0.3 is 0 Å². The van der Waals surface area contributed by atoms with Gasteiger partial charge in [0.2, 0.25) is 0 Å². The molecule has 0 radical (unpaired) electrons. The number of hydrogen-bond donors (Lipinski definition) is 0. The van der Waals surface area contributed by atoms with E-state index < -0.39 is 11.6 Å². The van der Waals surface area contributed by atoms with E-state index in [2.05, 4.69) is 161 Å². The monoisotopic (exact) mass is 1160 g/mol. The first-order valence-corrected chi connectivity index (χ1v) is 29.6. The molecule has 0 fully saturated rings. The summed E-state index contributed by atoms with van der Waals surface area (Å²) in [7, 11) is 0. The molecule has 0 N–H and O–H groups in total. The highest BCUT2D eigenvalue weighted by Crippen LogP contribution is 2.44. The lowest BCUT2D eigenvalue weighted by atomic mass is 9.99. The van der Waals surface area contributed by atoms with Gasteiger partial charge in [0.1, 0.15) is 23.3 Å². The number of fused-ring (bicyclic) bond motifs is 6. The maximum absolute atomic E-state index is 15.7. The number of aromatic nitrogens is 6. The van der Waals surface area contributed by atoms with Crippen molar-refractivity contribution in [3.8, 4) is 118 Å². The summed E-state index contributed by atoms with van der Waals surface area (Å²) in [6.07, 6.45) is 7.38. The first kappa shape index (κ1) is 53.2. The van der Waals surface area contributed by atoms with Crippen molar-refractivity contribution < 1.29 is 8.78 Å². The Morgan fingerprint density at radius 3 is 0.800 bits per heavy atom. The molecule has 10 aromatic carbocycles. The molecule has 6 heterocycles.